The number of aliphatic hydroxyl groups excluding tert-OH is 5. The first-order chi connectivity index (χ1) is 6.79. The second kappa shape index (κ2) is 50.7. The first kappa shape index (κ1) is 50.0. The van der Waals surface area contributed by atoms with Crippen molar-refractivity contribution in [1.29, 1.82) is 0 Å². The molecule has 0 amide bonds. The van der Waals surface area contributed by atoms with E-state index in [1.165, 1.54) is 0 Å². The van der Waals surface area contributed by atoms with Gasteiger partial charge in [-0.3, -0.25) is 0 Å². The van der Waals surface area contributed by atoms with E-state index in [1.807, 2.05) is 0 Å². The molecule has 7 heteroatoms. The van der Waals surface area contributed by atoms with Gasteiger partial charge in [-0.2, -0.15) is 0 Å². The van der Waals surface area contributed by atoms with Gasteiger partial charge in [0.25, 0.3) is 0 Å². The van der Waals surface area contributed by atoms with E-state index < -0.39 is 0 Å². The molecule has 1 saturated carbocycles. The summed E-state index contributed by atoms with van der Waals surface area (Å²) in [6, 6.07) is 0. The molecular weight excluding hydrogens is 320 g/mol. The van der Waals surface area contributed by atoms with Crippen molar-refractivity contribution in [1.82, 2.24) is 0 Å². The van der Waals surface area contributed by atoms with E-state index >= 15 is 0 Å². The number of hydrogen-bond acceptors (Lipinski definition) is 5. The minimum atomic E-state index is -0.140. The van der Waals surface area contributed by atoms with Crippen LogP contribution in [0.4, 0.5) is 0 Å². The zero-order valence-corrected chi connectivity index (χ0v) is 16.3. The maximum atomic E-state index is 8.92. The third-order valence-corrected chi connectivity index (χ3v) is 1.67. The predicted molar refractivity (Wildman–Crippen MR) is 74.2 cm³/mol. The minimum Gasteiger partial charge on any atom is -0.400 e. The molecule has 120 valence electrons. The van der Waals surface area contributed by atoms with Crippen LogP contribution in [0, 0.1) is 22.3 Å². The third-order valence-electron chi connectivity index (χ3n) is 1.67. The van der Waals surface area contributed by atoms with Crippen LogP contribution < -0.4 is 0 Å². The number of rotatable bonds is 0. The average Bonchev–Trinajstić information content (AvgIpc) is 2.31. The van der Waals surface area contributed by atoms with Gasteiger partial charge in [0.15, 0.2) is 0 Å². The fraction of sp³-hybridized carbons (Fsp3) is 0.750. The Morgan fingerprint density at radius 2 is 0.684 bits per heavy atom. The van der Waals surface area contributed by atoms with Crippen LogP contribution >= 0.6 is 0 Å². The summed E-state index contributed by atoms with van der Waals surface area (Å²) in [7, 11) is 3.00. The van der Waals surface area contributed by atoms with E-state index in [0.717, 1.165) is 47.0 Å². The molecule has 0 heterocycles. The Balaban J connectivity index is -0.0000000166. The van der Waals surface area contributed by atoms with Gasteiger partial charge in [0, 0.05) is 43.0 Å². The number of aliphatic hydroxyl groups is 5. The maximum Gasteiger partial charge on any atom is 2.00 e. The second-order valence-corrected chi connectivity index (χ2v) is 2.46. The molecule has 0 aromatic carbocycles. The standard InChI is InChI=1S/C6H12O2.3CH4O.3CH3.2Ti/c7-5-1-2-6(8)4-3-5;3*1-2;;;;;/h5-8H,1-4H2;3*2H,1H3;3*1H3;;/q;;;;3*-1;;+2. The molecule has 0 bridgehead atoms. The van der Waals surface area contributed by atoms with Crippen molar-refractivity contribution in [3.05, 3.63) is 22.3 Å². The van der Waals surface area contributed by atoms with E-state index in [4.69, 9.17) is 25.5 Å². The molecule has 1 aliphatic carbocycles. The quantitative estimate of drug-likeness (QED) is 0.322. The molecule has 0 aromatic heterocycles. The van der Waals surface area contributed by atoms with Gasteiger partial charge in [0.2, 0.25) is 0 Å². The van der Waals surface area contributed by atoms with E-state index in [9.17, 15) is 0 Å². The molecule has 0 unspecified atom stereocenters. The van der Waals surface area contributed by atoms with Crippen molar-refractivity contribution < 1.29 is 69.0 Å². The zero-order valence-electron chi connectivity index (χ0n) is 13.2. The number of hydrogen-bond donors (Lipinski definition) is 5. The fourth-order valence-electron chi connectivity index (χ4n) is 1.06. The molecule has 0 spiro atoms. The van der Waals surface area contributed by atoms with Gasteiger partial charge < -0.3 is 47.8 Å². The summed E-state index contributed by atoms with van der Waals surface area (Å²) >= 11 is 0. The van der Waals surface area contributed by atoms with Crippen LogP contribution in [0.5, 0.6) is 0 Å². The van der Waals surface area contributed by atoms with Crippen LogP contribution in [0.2, 0.25) is 0 Å². The summed E-state index contributed by atoms with van der Waals surface area (Å²) in [5.41, 5.74) is 0. The van der Waals surface area contributed by atoms with E-state index in [1.54, 1.807) is 0 Å². The Hall–Kier alpha value is 1.23. The van der Waals surface area contributed by atoms with Crippen LogP contribution in [0.3, 0.4) is 0 Å². The maximum absolute atomic E-state index is 8.92. The fourth-order valence-corrected chi connectivity index (χ4v) is 1.06. The molecule has 0 aromatic rings. The first-order valence-electron chi connectivity index (χ1n) is 4.49. The first-order valence-corrected chi connectivity index (χ1v) is 4.49. The average molecular weight is 353 g/mol. The van der Waals surface area contributed by atoms with Gasteiger partial charge >= 0.3 is 21.7 Å². The summed E-state index contributed by atoms with van der Waals surface area (Å²) in [5.74, 6) is 0. The minimum absolute atomic E-state index is 0. The Bertz CT molecular complexity index is 72.5. The Kier molecular flexibility index (Phi) is 133. The van der Waals surface area contributed by atoms with Gasteiger partial charge in [0.1, 0.15) is 0 Å². The summed E-state index contributed by atoms with van der Waals surface area (Å²) in [6.07, 6.45) is 2.83. The van der Waals surface area contributed by atoms with Crippen LogP contribution in [0.15, 0.2) is 0 Å². The van der Waals surface area contributed by atoms with Crippen molar-refractivity contribution in [2.75, 3.05) is 21.3 Å². The molecule has 5 nitrogen and oxygen atoms in total. The normalized spacial score (nSPS) is 17.7. The van der Waals surface area contributed by atoms with Crippen molar-refractivity contribution in [2.24, 2.45) is 0 Å². The monoisotopic (exact) mass is 353 g/mol. The van der Waals surface area contributed by atoms with Crippen LogP contribution in [-0.4, -0.2) is 59.1 Å². The molecule has 0 aliphatic heterocycles. The van der Waals surface area contributed by atoms with Crippen LogP contribution in [0.25, 0.3) is 0 Å². The van der Waals surface area contributed by atoms with Crippen molar-refractivity contribution in [2.45, 2.75) is 37.9 Å². The Morgan fingerprint density at radius 3 is 0.789 bits per heavy atom. The molecule has 5 N–H and O–H groups in total. The molecule has 0 saturated heterocycles. The third kappa shape index (κ3) is 45.3. The SMILES string of the molecule is CO.CO.CO.OC1CCC(O)CC1.[CH3-].[CH3-].[CH3-].[Ti+2].[Ti]. The summed E-state index contributed by atoms with van der Waals surface area (Å²) in [5, 5.41) is 38.8. The van der Waals surface area contributed by atoms with E-state index in [0.29, 0.717) is 0 Å². The second-order valence-electron chi connectivity index (χ2n) is 2.46. The van der Waals surface area contributed by atoms with Gasteiger partial charge in [-0.05, 0) is 25.7 Å². The predicted octanol–water partition coefficient (Wildman–Crippen LogP) is 0.454. The van der Waals surface area contributed by atoms with Crippen LogP contribution in [0.1, 0.15) is 25.7 Å². The van der Waals surface area contributed by atoms with Gasteiger partial charge in [0.05, 0.1) is 12.2 Å². The van der Waals surface area contributed by atoms with E-state index in [-0.39, 0.29) is 77.9 Å². The van der Waals surface area contributed by atoms with Crippen molar-refractivity contribution in [3.8, 4) is 0 Å². The van der Waals surface area contributed by atoms with Crippen molar-refractivity contribution in [3.63, 3.8) is 0 Å². The largest absolute Gasteiger partial charge is 2.00 e. The Morgan fingerprint density at radius 1 is 0.579 bits per heavy atom. The molecule has 1 aliphatic rings. The van der Waals surface area contributed by atoms with Gasteiger partial charge in [-0.15, -0.1) is 0 Å². The zero-order chi connectivity index (χ0) is 12.0. The Labute approximate surface area is 150 Å². The molecule has 1 rings (SSSR count). The van der Waals surface area contributed by atoms with Crippen LogP contribution in [-0.2, 0) is 43.4 Å². The molecule has 1 fully saturated rings. The smallest absolute Gasteiger partial charge is 0.400 e. The summed E-state index contributed by atoms with van der Waals surface area (Å²) in [4.78, 5) is 0. The summed E-state index contributed by atoms with van der Waals surface area (Å²) in [6.45, 7) is 0. The topological polar surface area (TPSA) is 101 Å². The van der Waals surface area contributed by atoms with E-state index in [2.05, 4.69) is 0 Å². The molecule has 0 radical (unpaired) electrons. The molecule has 0 atom stereocenters. The van der Waals surface area contributed by atoms with Crippen molar-refractivity contribution >= 4 is 0 Å². The molecule has 19 heavy (non-hydrogen) atoms. The summed E-state index contributed by atoms with van der Waals surface area (Å²) < 4.78 is 0. The van der Waals surface area contributed by atoms with Gasteiger partial charge in [-0.1, -0.05) is 0 Å². The molecular formula is C12H33O5Ti2-. The van der Waals surface area contributed by atoms with Gasteiger partial charge in [-0.25, -0.2) is 0 Å².